The van der Waals surface area contributed by atoms with Crippen LogP contribution in [-0.4, -0.2) is 46.6 Å². The maximum absolute atomic E-state index is 12.3. The molecular formula is C21H25ClN2O5. The first-order valence-corrected chi connectivity index (χ1v) is 9.26. The van der Waals surface area contributed by atoms with E-state index in [1.807, 2.05) is 60.5 Å². The molecular weight excluding hydrogens is 396 g/mol. The molecule has 156 valence electrons. The molecule has 0 atom stereocenters. The average molecular weight is 421 g/mol. The SMILES string of the molecule is CC(C)c1ccccc1NC(=O)CN(C)Cc1ccccc1Cl.O=C(O)C(=O)O. The Hall–Kier alpha value is -2.90. The maximum Gasteiger partial charge on any atom is 0.414 e. The number of anilines is 1. The normalized spacial score (nSPS) is 10.3. The summed E-state index contributed by atoms with van der Waals surface area (Å²) in [6.45, 7) is 5.19. The highest BCUT2D eigenvalue weighted by Crippen LogP contribution is 2.23. The number of para-hydroxylation sites is 1. The van der Waals surface area contributed by atoms with Crippen LogP contribution in [0.4, 0.5) is 5.69 Å². The molecule has 0 saturated heterocycles. The van der Waals surface area contributed by atoms with Crippen LogP contribution < -0.4 is 5.32 Å². The first-order chi connectivity index (χ1) is 13.6. The predicted molar refractivity (Wildman–Crippen MR) is 112 cm³/mol. The lowest BCUT2D eigenvalue weighted by Crippen LogP contribution is -2.30. The monoisotopic (exact) mass is 420 g/mol. The van der Waals surface area contributed by atoms with Crippen LogP contribution in [0, 0.1) is 0 Å². The number of carbonyl (C=O) groups is 3. The number of halogens is 1. The Morgan fingerprint density at radius 1 is 1.00 bits per heavy atom. The van der Waals surface area contributed by atoms with Crippen molar-refractivity contribution in [3.8, 4) is 0 Å². The van der Waals surface area contributed by atoms with Crippen LogP contribution in [0.3, 0.4) is 0 Å². The standard InChI is InChI=1S/C19H23ClN2O.C2H2O4/c1-14(2)16-9-5-7-11-18(16)21-19(23)13-22(3)12-15-8-4-6-10-17(15)20;3-1(4)2(5)6/h4-11,14H,12-13H2,1-3H3,(H,21,23);(H,3,4)(H,5,6). The highest BCUT2D eigenvalue weighted by atomic mass is 35.5. The zero-order valence-electron chi connectivity index (χ0n) is 16.6. The number of likely N-dealkylation sites (N-methyl/N-ethyl adjacent to an activating group) is 1. The topological polar surface area (TPSA) is 107 Å². The Morgan fingerprint density at radius 3 is 2.10 bits per heavy atom. The van der Waals surface area contributed by atoms with E-state index in [2.05, 4.69) is 19.2 Å². The molecule has 0 aliphatic carbocycles. The molecule has 29 heavy (non-hydrogen) atoms. The third-order valence-corrected chi connectivity index (χ3v) is 4.22. The minimum atomic E-state index is -1.82. The van der Waals surface area contributed by atoms with Crippen molar-refractivity contribution < 1.29 is 24.6 Å². The average Bonchev–Trinajstić information content (AvgIpc) is 2.64. The first kappa shape index (κ1) is 24.1. The van der Waals surface area contributed by atoms with Gasteiger partial charge in [-0.3, -0.25) is 9.69 Å². The predicted octanol–water partition coefficient (Wildman–Crippen LogP) is 3.69. The summed E-state index contributed by atoms with van der Waals surface area (Å²) in [5.41, 5.74) is 3.06. The molecule has 0 aromatic heterocycles. The van der Waals surface area contributed by atoms with E-state index in [4.69, 9.17) is 31.4 Å². The van der Waals surface area contributed by atoms with E-state index in [1.54, 1.807) is 0 Å². The molecule has 0 saturated carbocycles. The fourth-order valence-electron chi connectivity index (χ4n) is 2.52. The third kappa shape index (κ3) is 8.76. The molecule has 1 amide bonds. The molecule has 0 unspecified atom stereocenters. The second kappa shape index (κ2) is 11.8. The van der Waals surface area contributed by atoms with Gasteiger partial charge in [-0.15, -0.1) is 0 Å². The summed E-state index contributed by atoms with van der Waals surface area (Å²) in [4.78, 5) is 32.4. The number of aliphatic carboxylic acids is 2. The molecule has 8 heteroatoms. The van der Waals surface area contributed by atoms with Gasteiger partial charge in [-0.25, -0.2) is 9.59 Å². The first-order valence-electron chi connectivity index (χ1n) is 8.88. The Balaban J connectivity index is 0.000000612. The Bertz CT molecular complexity index is 842. The Labute approximate surface area is 174 Å². The van der Waals surface area contributed by atoms with Crippen molar-refractivity contribution in [2.75, 3.05) is 18.9 Å². The van der Waals surface area contributed by atoms with Crippen molar-refractivity contribution in [1.29, 1.82) is 0 Å². The molecule has 0 heterocycles. The van der Waals surface area contributed by atoms with Gasteiger partial charge in [0.15, 0.2) is 0 Å². The lowest BCUT2D eigenvalue weighted by atomic mass is 10.0. The fourth-order valence-corrected chi connectivity index (χ4v) is 2.72. The lowest BCUT2D eigenvalue weighted by molar-refractivity contribution is -0.159. The van der Waals surface area contributed by atoms with E-state index in [1.165, 1.54) is 0 Å². The van der Waals surface area contributed by atoms with E-state index < -0.39 is 11.9 Å². The molecule has 2 aromatic carbocycles. The van der Waals surface area contributed by atoms with Crippen LogP contribution in [0.2, 0.25) is 5.02 Å². The smallest absolute Gasteiger partial charge is 0.414 e. The van der Waals surface area contributed by atoms with Crippen molar-refractivity contribution >= 4 is 35.1 Å². The van der Waals surface area contributed by atoms with E-state index in [-0.39, 0.29) is 5.91 Å². The number of carbonyl (C=O) groups excluding carboxylic acids is 1. The number of carboxylic acid groups (broad SMARTS) is 2. The number of nitrogens with one attached hydrogen (secondary N) is 1. The van der Waals surface area contributed by atoms with Gasteiger partial charge < -0.3 is 15.5 Å². The van der Waals surface area contributed by atoms with E-state index in [9.17, 15) is 4.79 Å². The zero-order chi connectivity index (χ0) is 22.0. The summed E-state index contributed by atoms with van der Waals surface area (Å²) < 4.78 is 0. The zero-order valence-corrected chi connectivity index (χ0v) is 17.3. The molecule has 2 aromatic rings. The van der Waals surface area contributed by atoms with E-state index in [0.29, 0.717) is 19.0 Å². The number of rotatable bonds is 6. The van der Waals surface area contributed by atoms with Crippen molar-refractivity contribution in [1.82, 2.24) is 4.90 Å². The minimum Gasteiger partial charge on any atom is -0.473 e. The molecule has 0 fully saturated rings. The van der Waals surface area contributed by atoms with Crippen molar-refractivity contribution in [3.63, 3.8) is 0 Å². The number of hydrogen-bond donors (Lipinski definition) is 3. The summed E-state index contributed by atoms with van der Waals surface area (Å²) in [6.07, 6.45) is 0. The number of nitrogens with zero attached hydrogens (tertiary/aromatic N) is 1. The van der Waals surface area contributed by atoms with Gasteiger partial charge >= 0.3 is 11.9 Å². The second-order valence-electron chi connectivity index (χ2n) is 6.66. The van der Waals surface area contributed by atoms with Gasteiger partial charge in [-0.1, -0.05) is 61.8 Å². The second-order valence-corrected chi connectivity index (χ2v) is 7.07. The quantitative estimate of drug-likeness (QED) is 0.615. The lowest BCUT2D eigenvalue weighted by Gasteiger charge is -2.18. The van der Waals surface area contributed by atoms with Crippen LogP contribution in [0.25, 0.3) is 0 Å². The van der Waals surface area contributed by atoms with Crippen molar-refractivity contribution in [3.05, 3.63) is 64.7 Å². The maximum atomic E-state index is 12.3. The molecule has 0 spiro atoms. The fraction of sp³-hybridized carbons (Fsp3) is 0.286. The van der Waals surface area contributed by atoms with Gasteiger partial charge in [-0.2, -0.15) is 0 Å². The molecule has 0 aliphatic rings. The number of hydrogen-bond acceptors (Lipinski definition) is 4. The van der Waals surface area contributed by atoms with Gasteiger partial charge in [0, 0.05) is 17.3 Å². The van der Waals surface area contributed by atoms with Gasteiger partial charge in [0.05, 0.1) is 6.54 Å². The van der Waals surface area contributed by atoms with Crippen molar-refractivity contribution in [2.24, 2.45) is 0 Å². The summed E-state index contributed by atoms with van der Waals surface area (Å²) in [5.74, 6) is -3.30. The molecule has 0 aliphatic heterocycles. The van der Waals surface area contributed by atoms with Gasteiger partial charge in [-0.05, 0) is 36.2 Å². The van der Waals surface area contributed by atoms with Crippen LogP contribution in [0.5, 0.6) is 0 Å². The summed E-state index contributed by atoms with van der Waals surface area (Å²) in [5, 5.41) is 18.5. The van der Waals surface area contributed by atoms with Crippen LogP contribution in [0.15, 0.2) is 48.5 Å². The molecule has 7 nitrogen and oxygen atoms in total. The highest BCUT2D eigenvalue weighted by Gasteiger charge is 2.12. The number of amides is 1. The van der Waals surface area contributed by atoms with Gasteiger partial charge in [0.25, 0.3) is 0 Å². The molecule has 0 bridgehead atoms. The summed E-state index contributed by atoms with van der Waals surface area (Å²) in [7, 11) is 1.91. The molecule has 3 N–H and O–H groups in total. The van der Waals surface area contributed by atoms with Crippen LogP contribution in [0.1, 0.15) is 30.9 Å². The largest absolute Gasteiger partial charge is 0.473 e. The van der Waals surface area contributed by atoms with E-state index in [0.717, 1.165) is 21.8 Å². The van der Waals surface area contributed by atoms with Gasteiger partial charge in [0.1, 0.15) is 0 Å². The number of carboxylic acids is 2. The third-order valence-electron chi connectivity index (χ3n) is 3.85. The number of benzene rings is 2. The minimum absolute atomic E-state index is 0.0207. The van der Waals surface area contributed by atoms with Crippen LogP contribution in [-0.2, 0) is 20.9 Å². The van der Waals surface area contributed by atoms with Crippen molar-refractivity contribution in [2.45, 2.75) is 26.3 Å². The highest BCUT2D eigenvalue weighted by molar-refractivity contribution is 6.31. The molecule has 2 rings (SSSR count). The summed E-state index contributed by atoms with van der Waals surface area (Å²) >= 11 is 6.16. The molecule has 0 radical (unpaired) electrons. The Kier molecular flexibility index (Phi) is 9.85. The van der Waals surface area contributed by atoms with Gasteiger partial charge in [0.2, 0.25) is 5.91 Å². The summed E-state index contributed by atoms with van der Waals surface area (Å²) in [6, 6.07) is 15.6. The van der Waals surface area contributed by atoms with Crippen LogP contribution >= 0.6 is 11.6 Å². The Morgan fingerprint density at radius 2 is 1.55 bits per heavy atom. The van der Waals surface area contributed by atoms with E-state index >= 15 is 0 Å².